The number of rotatable bonds is 1. The molecule has 2 aromatic carbocycles. The van der Waals surface area contributed by atoms with Gasteiger partial charge in [0.05, 0.1) is 5.52 Å². The molecule has 3 rings (SSSR count). The molecular weight excluding hydrogens is 313 g/mol. The lowest BCUT2D eigenvalue weighted by molar-refractivity contribution is 0.465. The maximum atomic E-state index is 11.9. The predicted octanol–water partition coefficient (Wildman–Crippen LogP) is 3.91. The Labute approximate surface area is 129 Å². The van der Waals surface area contributed by atoms with E-state index < -0.39 is 11.3 Å². The van der Waals surface area contributed by atoms with Crippen molar-refractivity contribution in [3.63, 3.8) is 0 Å². The number of aromatic nitrogens is 1. The largest absolute Gasteiger partial charge is 0.507 e. The minimum Gasteiger partial charge on any atom is -0.507 e. The van der Waals surface area contributed by atoms with E-state index in [1.165, 1.54) is 18.2 Å². The van der Waals surface area contributed by atoms with Crippen LogP contribution in [0.25, 0.3) is 22.0 Å². The average Bonchev–Trinajstić information content (AvgIpc) is 2.44. The van der Waals surface area contributed by atoms with Crippen molar-refractivity contribution in [3.05, 3.63) is 56.8 Å². The lowest BCUT2D eigenvalue weighted by atomic mass is 9.99. The van der Waals surface area contributed by atoms with Gasteiger partial charge in [-0.3, -0.25) is 4.79 Å². The van der Waals surface area contributed by atoms with Crippen molar-refractivity contribution in [2.24, 2.45) is 0 Å². The molecule has 0 saturated heterocycles. The van der Waals surface area contributed by atoms with E-state index in [9.17, 15) is 15.0 Å². The number of fused-ring (bicyclic) bond motifs is 1. The van der Waals surface area contributed by atoms with Gasteiger partial charge in [-0.05, 0) is 30.3 Å². The highest BCUT2D eigenvalue weighted by molar-refractivity contribution is 6.31. The second-order valence-electron chi connectivity index (χ2n) is 4.53. The predicted molar refractivity (Wildman–Crippen MR) is 83.4 cm³/mol. The number of aromatic amines is 1. The molecule has 3 N–H and O–H groups in total. The topological polar surface area (TPSA) is 73.3 Å². The van der Waals surface area contributed by atoms with Crippen LogP contribution in [0.2, 0.25) is 10.0 Å². The Bertz CT molecular complexity index is 919. The second kappa shape index (κ2) is 4.98. The summed E-state index contributed by atoms with van der Waals surface area (Å²) < 4.78 is 0. The standard InChI is InChI=1S/C15H9Cl2NO3/c16-7-2-4-12(19)10(5-7)13-9-3-1-8(17)6-11(9)18-15(21)14(13)20/h1-6,19-20H,(H,18,21). The summed E-state index contributed by atoms with van der Waals surface area (Å²) in [5, 5.41) is 21.5. The van der Waals surface area contributed by atoms with Crippen LogP contribution in [0.4, 0.5) is 0 Å². The fraction of sp³-hybridized carbons (Fsp3) is 0. The number of H-pyrrole nitrogens is 1. The van der Waals surface area contributed by atoms with E-state index in [1.54, 1.807) is 18.2 Å². The molecule has 0 amide bonds. The summed E-state index contributed by atoms with van der Waals surface area (Å²) in [5.41, 5.74) is 0.280. The summed E-state index contributed by atoms with van der Waals surface area (Å²) in [4.78, 5) is 14.4. The Hall–Kier alpha value is -2.17. The van der Waals surface area contributed by atoms with Gasteiger partial charge in [0.15, 0.2) is 5.75 Å². The summed E-state index contributed by atoms with van der Waals surface area (Å²) in [6, 6.07) is 9.27. The van der Waals surface area contributed by atoms with E-state index in [4.69, 9.17) is 23.2 Å². The zero-order valence-electron chi connectivity index (χ0n) is 10.5. The van der Waals surface area contributed by atoms with Gasteiger partial charge >= 0.3 is 0 Å². The number of phenols is 1. The first-order chi connectivity index (χ1) is 9.97. The molecule has 0 atom stereocenters. The second-order valence-corrected chi connectivity index (χ2v) is 5.40. The van der Waals surface area contributed by atoms with Crippen LogP contribution in [0, 0.1) is 0 Å². The fourth-order valence-electron chi connectivity index (χ4n) is 2.24. The van der Waals surface area contributed by atoms with E-state index in [-0.39, 0.29) is 16.9 Å². The maximum Gasteiger partial charge on any atom is 0.291 e. The highest BCUT2D eigenvalue weighted by Gasteiger charge is 2.17. The first-order valence-electron chi connectivity index (χ1n) is 6.01. The van der Waals surface area contributed by atoms with E-state index in [0.717, 1.165) is 0 Å². The molecule has 0 fully saturated rings. The normalized spacial score (nSPS) is 11.0. The minimum absolute atomic E-state index is 0.0865. The van der Waals surface area contributed by atoms with Crippen LogP contribution in [0.5, 0.6) is 11.5 Å². The van der Waals surface area contributed by atoms with Crippen molar-refractivity contribution in [1.29, 1.82) is 0 Å². The maximum absolute atomic E-state index is 11.9. The lowest BCUT2D eigenvalue weighted by Crippen LogP contribution is -2.06. The van der Waals surface area contributed by atoms with E-state index in [2.05, 4.69) is 4.98 Å². The highest BCUT2D eigenvalue weighted by atomic mass is 35.5. The van der Waals surface area contributed by atoms with Gasteiger partial charge in [-0.1, -0.05) is 29.3 Å². The first-order valence-corrected chi connectivity index (χ1v) is 6.76. The molecular formula is C15H9Cl2NO3. The smallest absolute Gasteiger partial charge is 0.291 e. The van der Waals surface area contributed by atoms with Crippen LogP contribution in [0.3, 0.4) is 0 Å². The molecule has 0 radical (unpaired) electrons. The van der Waals surface area contributed by atoms with Crippen LogP contribution in [-0.2, 0) is 0 Å². The summed E-state index contributed by atoms with van der Waals surface area (Å²) in [6.45, 7) is 0. The molecule has 21 heavy (non-hydrogen) atoms. The Morgan fingerprint density at radius 1 is 0.952 bits per heavy atom. The summed E-state index contributed by atoms with van der Waals surface area (Å²) >= 11 is 11.8. The molecule has 0 saturated carbocycles. The molecule has 6 heteroatoms. The molecule has 3 aromatic rings. The Morgan fingerprint density at radius 3 is 2.38 bits per heavy atom. The highest BCUT2D eigenvalue weighted by Crippen LogP contribution is 2.39. The molecule has 0 aliphatic rings. The minimum atomic E-state index is -0.667. The number of pyridine rings is 1. The van der Waals surface area contributed by atoms with Crippen LogP contribution >= 0.6 is 23.2 Å². The first kappa shape index (κ1) is 13.8. The SMILES string of the molecule is O=c1[nH]c2cc(Cl)ccc2c(-c2cc(Cl)ccc2O)c1O. The zero-order valence-corrected chi connectivity index (χ0v) is 12.0. The monoisotopic (exact) mass is 321 g/mol. The lowest BCUT2D eigenvalue weighted by Gasteiger charge is -2.11. The van der Waals surface area contributed by atoms with Gasteiger partial charge in [0.1, 0.15) is 5.75 Å². The van der Waals surface area contributed by atoms with E-state index in [0.29, 0.717) is 20.9 Å². The van der Waals surface area contributed by atoms with Gasteiger partial charge in [0, 0.05) is 26.6 Å². The van der Waals surface area contributed by atoms with Crippen molar-refractivity contribution in [3.8, 4) is 22.6 Å². The number of benzene rings is 2. The van der Waals surface area contributed by atoms with Crippen LogP contribution in [0.1, 0.15) is 0 Å². The number of hydrogen-bond donors (Lipinski definition) is 3. The van der Waals surface area contributed by atoms with Crippen molar-refractivity contribution in [2.75, 3.05) is 0 Å². The van der Waals surface area contributed by atoms with Crippen molar-refractivity contribution < 1.29 is 10.2 Å². The quantitative estimate of drug-likeness (QED) is 0.636. The number of phenolic OH excluding ortho intramolecular Hbond substituents is 1. The molecule has 0 unspecified atom stereocenters. The summed E-state index contributed by atoms with van der Waals surface area (Å²) in [7, 11) is 0. The molecule has 4 nitrogen and oxygen atoms in total. The molecule has 0 aliphatic heterocycles. The van der Waals surface area contributed by atoms with Gasteiger partial charge in [-0.25, -0.2) is 0 Å². The number of aromatic hydroxyl groups is 2. The third-order valence-electron chi connectivity index (χ3n) is 3.18. The van der Waals surface area contributed by atoms with E-state index >= 15 is 0 Å². The Kier molecular flexibility index (Phi) is 3.27. The summed E-state index contributed by atoms with van der Waals surface area (Å²) in [5.74, 6) is -0.570. The molecule has 0 spiro atoms. The number of hydrogen-bond acceptors (Lipinski definition) is 3. The third kappa shape index (κ3) is 2.33. The van der Waals surface area contributed by atoms with Gasteiger partial charge in [0.25, 0.3) is 5.56 Å². The Morgan fingerprint density at radius 2 is 1.62 bits per heavy atom. The van der Waals surface area contributed by atoms with Gasteiger partial charge in [0.2, 0.25) is 0 Å². The van der Waals surface area contributed by atoms with Gasteiger partial charge in [-0.15, -0.1) is 0 Å². The molecule has 0 aliphatic carbocycles. The van der Waals surface area contributed by atoms with Gasteiger partial charge < -0.3 is 15.2 Å². The van der Waals surface area contributed by atoms with Crippen LogP contribution < -0.4 is 5.56 Å². The number of halogens is 2. The average molecular weight is 322 g/mol. The molecule has 1 heterocycles. The van der Waals surface area contributed by atoms with Crippen molar-refractivity contribution in [1.82, 2.24) is 4.98 Å². The van der Waals surface area contributed by atoms with E-state index in [1.807, 2.05) is 0 Å². The molecule has 106 valence electrons. The Balaban J connectivity index is 2.49. The molecule has 1 aromatic heterocycles. The van der Waals surface area contributed by atoms with Crippen molar-refractivity contribution >= 4 is 34.1 Å². The zero-order chi connectivity index (χ0) is 15.1. The number of nitrogens with one attached hydrogen (secondary N) is 1. The van der Waals surface area contributed by atoms with Crippen LogP contribution in [-0.4, -0.2) is 15.2 Å². The molecule has 0 bridgehead atoms. The fourth-order valence-corrected chi connectivity index (χ4v) is 2.59. The van der Waals surface area contributed by atoms with Gasteiger partial charge in [-0.2, -0.15) is 0 Å². The third-order valence-corrected chi connectivity index (χ3v) is 3.65. The summed E-state index contributed by atoms with van der Waals surface area (Å²) in [6.07, 6.45) is 0. The van der Waals surface area contributed by atoms with Crippen LogP contribution in [0.15, 0.2) is 41.2 Å². The van der Waals surface area contributed by atoms with Crippen molar-refractivity contribution in [2.45, 2.75) is 0 Å².